The van der Waals surface area contributed by atoms with Gasteiger partial charge in [0, 0.05) is 16.9 Å². The molecule has 0 unspecified atom stereocenters. The molecule has 4 rings (SSSR count). The van der Waals surface area contributed by atoms with E-state index in [4.69, 9.17) is 15.2 Å². The maximum atomic E-state index is 12.7. The van der Waals surface area contributed by atoms with Crippen LogP contribution in [-0.4, -0.2) is 35.1 Å². The number of nitrogens with two attached hydrogens (primary N) is 1. The predicted molar refractivity (Wildman–Crippen MR) is 117 cm³/mol. The first kappa shape index (κ1) is 20.0. The highest BCUT2D eigenvalue weighted by Crippen LogP contribution is 2.28. The lowest BCUT2D eigenvalue weighted by atomic mass is 10.1. The Hall–Kier alpha value is -4.33. The average molecular weight is 416 g/mol. The molecule has 0 saturated carbocycles. The summed E-state index contributed by atoms with van der Waals surface area (Å²) in [5.41, 5.74) is 8.97. The van der Waals surface area contributed by atoms with Gasteiger partial charge in [-0.15, -0.1) is 0 Å². The molecule has 1 aromatic heterocycles. The summed E-state index contributed by atoms with van der Waals surface area (Å²) >= 11 is 0. The molecule has 2 amide bonds. The van der Waals surface area contributed by atoms with Crippen molar-refractivity contribution >= 4 is 28.5 Å². The summed E-state index contributed by atoms with van der Waals surface area (Å²) in [6, 6.07) is 20.0. The molecular formula is C23H20N4O4. The van der Waals surface area contributed by atoms with E-state index in [1.165, 1.54) is 13.2 Å². The van der Waals surface area contributed by atoms with Crippen molar-refractivity contribution in [2.24, 2.45) is 5.73 Å². The van der Waals surface area contributed by atoms with Crippen LogP contribution in [0.1, 0.15) is 10.4 Å². The van der Waals surface area contributed by atoms with Gasteiger partial charge in [-0.2, -0.15) is 0 Å². The van der Waals surface area contributed by atoms with Gasteiger partial charge in [-0.3, -0.25) is 14.2 Å². The Morgan fingerprint density at radius 1 is 1.03 bits per heavy atom. The van der Waals surface area contributed by atoms with E-state index in [1.54, 1.807) is 18.5 Å². The first-order chi connectivity index (χ1) is 15.0. The summed E-state index contributed by atoms with van der Waals surface area (Å²) in [5.74, 6) is -0.248. The van der Waals surface area contributed by atoms with Crippen molar-refractivity contribution in [2.75, 3.05) is 19.0 Å². The SMILES string of the molecule is COc1cc(C(=O)Nc2ccc(-n3cnc4ccccc43)cc2)ccc1OCC(N)=O. The first-order valence-electron chi connectivity index (χ1n) is 9.48. The van der Waals surface area contributed by atoms with E-state index in [1.807, 2.05) is 53.1 Å². The van der Waals surface area contributed by atoms with Crippen molar-refractivity contribution in [3.05, 3.63) is 78.6 Å². The number of hydrogen-bond donors (Lipinski definition) is 2. The number of nitrogens with one attached hydrogen (secondary N) is 1. The smallest absolute Gasteiger partial charge is 0.255 e. The number of carbonyl (C=O) groups excluding carboxylic acids is 2. The number of hydrogen-bond acceptors (Lipinski definition) is 5. The van der Waals surface area contributed by atoms with Crippen LogP contribution in [-0.2, 0) is 4.79 Å². The number of rotatable bonds is 7. The Morgan fingerprint density at radius 2 is 1.81 bits per heavy atom. The van der Waals surface area contributed by atoms with E-state index in [9.17, 15) is 9.59 Å². The maximum Gasteiger partial charge on any atom is 0.255 e. The number of anilines is 1. The molecule has 0 fully saturated rings. The number of benzene rings is 3. The number of primary amides is 1. The number of carbonyl (C=O) groups is 2. The van der Waals surface area contributed by atoms with E-state index in [0.29, 0.717) is 22.7 Å². The summed E-state index contributed by atoms with van der Waals surface area (Å²) in [7, 11) is 1.45. The maximum absolute atomic E-state index is 12.7. The van der Waals surface area contributed by atoms with Gasteiger partial charge < -0.3 is 20.5 Å². The zero-order valence-electron chi connectivity index (χ0n) is 16.7. The molecule has 31 heavy (non-hydrogen) atoms. The predicted octanol–water partition coefficient (Wildman–Crippen LogP) is 3.15. The lowest BCUT2D eigenvalue weighted by Gasteiger charge is -2.12. The minimum atomic E-state index is -0.601. The third kappa shape index (κ3) is 4.32. The van der Waals surface area contributed by atoms with E-state index in [2.05, 4.69) is 10.3 Å². The van der Waals surface area contributed by atoms with E-state index < -0.39 is 5.91 Å². The molecular weight excluding hydrogens is 396 g/mol. The quantitative estimate of drug-likeness (QED) is 0.481. The molecule has 0 bridgehead atoms. The van der Waals surface area contributed by atoms with E-state index >= 15 is 0 Å². The van der Waals surface area contributed by atoms with Crippen LogP contribution in [0.15, 0.2) is 73.1 Å². The lowest BCUT2D eigenvalue weighted by molar-refractivity contribution is -0.119. The van der Waals surface area contributed by atoms with Crippen molar-refractivity contribution in [3.63, 3.8) is 0 Å². The molecule has 0 aliphatic heterocycles. The number of imidazole rings is 1. The highest BCUT2D eigenvalue weighted by atomic mass is 16.5. The summed E-state index contributed by atoms with van der Waals surface area (Å²) in [4.78, 5) is 27.9. The molecule has 8 heteroatoms. The van der Waals surface area contributed by atoms with Crippen molar-refractivity contribution in [2.45, 2.75) is 0 Å². The molecule has 4 aromatic rings. The van der Waals surface area contributed by atoms with Gasteiger partial charge in [-0.1, -0.05) is 12.1 Å². The molecule has 0 saturated heterocycles. The third-order valence-electron chi connectivity index (χ3n) is 4.65. The summed E-state index contributed by atoms with van der Waals surface area (Å²) < 4.78 is 12.5. The van der Waals surface area contributed by atoms with Crippen LogP contribution in [0, 0.1) is 0 Å². The van der Waals surface area contributed by atoms with Crippen LogP contribution >= 0.6 is 0 Å². The Labute approximate surface area is 178 Å². The van der Waals surface area contributed by atoms with Crippen LogP contribution in [0.25, 0.3) is 16.7 Å². The number of ether oxygens (including phenoxy) is 2. The Kier molecular flexibility index (Phi) is 5.53. The normalized spacial score (nSPS) is 10.6. The second kappa shape index (κ2) is 8.58. The van der Waals surface area contributed by atoms with Gasteiger partial charge in [0.25, 0.3) is 11.8 Å². The Balaban J connectivity index is 1.49. The molecule has 156 valence electrons. The molecule has 0 spiro atoms. The van der Waals surface area contributed by atoms with Gasteiger partial charge in [0.05, 0.1) is 18.1 Å². The Morgan fingerprint density at radius 3 is 2.55 bits per heavy atom. The van der Waals surface area contributed by atoms with E-state index in [-0.39, 0.29) is 12.5 Å². The zero-order chi connectivity index (χ0) is 21.8. The first-order valence-corrected chi connectivity index (χ1v) is 9.48. The zero-order valence-corrected chi connectivity index (χ0v) is 16.7. The molecule has 0 aliphatic carbocycles. The van der Waals surface area contributed by atoms with Crippen LogP contribution in [0.4, 0.5) is 5.69 Å². The molecule has 8 nitrogen and oxygen atoms in total. The van der Waals surface area contributed by atoms with Gasteiger partial charge in [-0.05, 0) is 54.6 Å². The molecule has 0 radical (unpaired) electrons. The van der Waals surface area contributed by atoms with Gasteiger partial charge >= 0.3 is 0 Å². The highest BCUT2D eigenvalue weighted by Gasteiger charge is 2.13. The van der Waals surface area contributed by atoms with Crippen LogP contribution < -0.4 is 20.5 Å². The second-order valence-electron chi connectivity index (χ2n) is 6.72. The van der Waals surface area contributed by atoms with Crippen molar-refractivity contribution < 1.29 is 19.1 Å². The fraction of sp³-hybridized carbons (Fsp3) is 0.0870. The number of nitrogens with zero attached hydrogens (tertiary/aromatic N) is 2. The van der Waals surface area contributed by atoms with Crippen molar-refractivity contribution in [1.82, 2.24) is 9.55 Å². The van der Waals surface area contributed by atoms with Crippen molar-refractivity contribution in [1.29, 1.82) is 0 Å². The number of para-hydroxylation sites is 2. The monoisotopic (exact) mass is 416 g/mol. The standard InChI is InChI=1S/C23H20N4O4/c1-30-21-12-15(6-11-20(21)31-13-22(24)28)23(29)26-16-7-9-17(10-8-16)27-14-25-18-4-2-3-5-19(18)27/h2-12,14H,13H2,1H3,(H2,24,28)(H,26,29). The number of amides is 2. The lowest BCUT2D eigenvalue weighted by Crippen LogP contribution is -2.20. The fourth-order valence-corrected chi connectivity index (χ4v) is 3.15. The molecule has 0 aliphatic rings. The molecule has 1 heterocycles. The number of fused-ring (bicyclic) bond motifs is 1. The minimum absolute atomic E-state index is 0.277. The number of methoxy groups -OCH3 is 1. The van der Waals surface area contributed by atoms with Gasteiger partial charge in [-0.25, -0.2) is 4.98 Å². The summed E-state index contributed by atoms with van der Waals surface area (Å²) in [6.45, 7) is -0.277. The number of aromatic nitrogens is 2. The van der Waals surface area contributed by atoms with E-state index in [0.717, 1.165) is 16.7 Å². The average Bonchev–Trinajstić information content (AvgIpc) is 3.22. The second-order valence-corrected chi connectivity index (χ2v) is 6.72. The van der Waals surface area contributed by atoms with Crippen molar-refractivity contribution in [3.8, 4) is 17.2 Å². The molecule has 3 N–H and O–H groups in total. The third-order valence-corrected chi connectivity index (χ3v) is 4.65. The van der Waals surface area contributed by atoms with Gasteiger partial charge in [0.1, 0.15) is 6.33 Å². The van der Waals surface area contributed by atoms with Crippen LogP contribution in [0.2, 0.25) is 0 Å². The van der Waals surface area contributed by atoms with Crippen LogP contribution in [0.5, 0.6) is 11.5 Å². The summed E-state index contributed by atoms with van der Waals surface area (Å²) in [6.07, 6.45) is 1.77. The fourth-order valence-electron chi connectivity index (χ4n) is 3.15. The molecule has 0 atom stereocenters. The van der Waals surface area contributed by atoms with Gasteiger partial charge in [0.15, 0.2) is 18.1 Å². The van der Waals surface area contributed by atoms with Crippen LogP contribution in [0.3, 0.4) is 0 Å². The summed E-state index contributed by atoms with van der Waals surface area (Å²) in [5, 5.41) is 2.85. The largest absolute Gasteiger partial charge is 0.493 e. The molecule has 3 aromatic carbocycles. The minimum Gasteiger partial charge on any atom is -0.493 e. The van der Waals surface area contributed by atoms with Gasteiger partial charge in [0.2, 0.25) is 0 Å². The Bertz CT molecular complexity index is 1250. The highest BCUT2D eigenvalue weighted by molar-refractivity contribution is 6.04. The topological polar surface area (TPSA) is 108 Å².